The van der Waals surface area contributed by atoms with Crippen molar-refractivity contribution in [3.63, 3.8) is 0 Å². The molecule has 4 nitrogen and oxygen atoms in total. The Kier molecular flexibility index (Phi) is 6.68. The van der Waals surface area contributed by atoms with E-state index in [1.807, 2.05) is 0 Å². The molecule has 160 valence electrons. The van der Waals surface area contributed by atoms with Crippen molar-refractivity contribution in [2.24, 2.45) is 0 Å². The van der Waals surface area contributed by atoms with E-state index in [0.717, 1.165) is 51.0 Å². The van der Waals surface area contributed by atoms with E-state index in [9.17, 15) is 4.79 Å². The highest BCUT2D eigenvalue weighted by molar-refractivity contribution is 14.1. The molecule has 1 fully saturated rings. The number of likely N-dealkylation sites (tertiary alicyclic amines) is 1. The van der Waals surface area contributed by atoms with Gasteiger partial charge in [0.1, 0.15) is 5.69 Å². The van der Waals surface area contributed by atoms with E-state index in [4.69, 9.17) is 0 Å². The van der Waals surface area contributed by atoms with Crippen LogP contribution in [0.1, 0.15) is 61.1 Å². The molecule has 0 spiro atoms. The summed E-state index contributed by atoms with van der Waals surface area (Å²) in [6, 6.07) is 9.78. The Bertz CT molecular complexity index is 1020. The van der Waals surface area contributed by atoms with Gasteiger partial charge < -0.3 is 14.8 Å². The van der Waals surface area contributed by atoms with E-state index >= 15 is 0 Å². The van der Waals surface area contributed by atoms with Crippen molar-refractivity contribution in [1.82, 2.24) is 14.8 Å². The molecule has 4 rings (SSSR count). The van der Waals surface area contributed by atoms with Gasteiger partial charge in [0.15, 0.2) is 0 Å². The number of fused-ring (bicyclic) bond motifs is 1. The zero-order valence-corrected chi connectivity index (χ0v) is 20.4. The number of aryl methyl sites for hydroxylation is 1. The molecule has 0 bridgehead atoms. The summed E-state index contributed by atoms with van der Waals surface area (Å²) in [5.41, 5.74) is 3.35. The molecule has 1 aliphatic carbocycles. The highest BCUT2D eigenvalue weighted by Crippen LogP contribution is 2.17. The van der Waals surface area contributed by atoms with Gasteiger partial charge in [0.05, 0.1) is 0 Å². The topological polar surface area (TPSA) is 37.3 Å². The van der Waals surface area contributed by atoms with Crippen LogP contribution in [-0.4, -0.2) is 40.5 Å². The number of carbonyl (C=O) groups excluding carboxylic acids is 1. The Hall–Kier alpha value is -1.60. The Balaban J connectivity index is 1.62. The molecule has 0 radical (unpaired) electrons. The summed E-state index contributed by atoms with van der Waals surface area (Å²) in [6.45, 7) is 8.91. The van der Waals surface area contributed by atoms with Crippen LogP contribution in [-0.2, 0) is 6.54 Å². The van der Waals surface area contributed by atoms with Crippen molar-refractivity contribution in [3.8, 4) is 0 Å². The summed E-state index contributed by atoms with van der Waals surface area (Å²) in [7, 11) is 0. The lowest BCUT2D eigenvalue weighted by atomic mass is 10.0. The second-order valence-corrected chi connectivity index (χ2v) is 10.2. The van der Waals surface area contributed by atoms with E-state index < -0.39 is 0 Å². The van der Waals surface area contributed by atoms with E-state index in [2.05, 4.69) is 94.6 Å². The average Bonchev–Trinajstić information content (AvgIpc) is 3.05. The van der Waals surface area contributed by atoms with Crippen LogP contribution in [0.4, 0.5) is 0 Å². The third-order valence-electron chi connectivity index (χ3n) is 6.05. The van der Waals surface area contributed by atoms with E-state index in [1.165, 1.54) is 25.3 Å². The minimum atomic E-state index is 0.177. The predicted octanol–water partition coefficient (Wildman–Crippen LogP) is 3.41. The molecule has 2 heterocycles. The summed E-state index contributed by atoms with van der Waals surface area (Å²) in [5.74, 6) is 0.177. The molecule has 30 heavy (non-hydrogen) atoms. The Morgan fingerprint density at radius 2 is 1.87 bits per heavy atom. The molecule has 1 amide bonds. The van der Waals surface area contributed by atoms with Gasteiger partial charge in [-0.2, -0.15) is 0 Å². The van der Waals surface area contributed by atoms with Crippen molar-refractivity contribution in [2.45, 2.75) is 65.1 Å². The Labute approximate surface area is 193 Å². The van der Waals surface area contributed by atoms with Crippen LogP contribution in [0.25, 0.3) is 12.2 Å². The molecule has 1 aromatic carbocycles. The maximum absolute atomic E-state index is 13.5. The highest BCUT2D eigenvalue weighted by Gasteiger charge is 2.26. The number of benzene rings is 1. The number of hydrogen-bond acceptors (Lipinski definition) is 2. The molecule has 5 heteroatoms. The number of nitrogens with one attached hydrogen (secondary N) is 1. The molecule has 2 aromatic rings. The third kappa shape index (κ3) is 4.83. The van der Waals surface area contributed by atoms with Gasteiger partial charge in [-0.1, -0.05) is 32.1 Å². The predicted molar refractivity (Wildman–Crippen MR) is 132 cm³/mol. The second kappa shape index (κ2) is 9.27. The monoisotopic (exact) mass is 517 g/mol. The number of carbonyl (C=O) groups is 1. The number of nitrogens with zero attached hydrogens (tertiary/aromatic N) is 2. The maximum atomic E-state index is 13.5. The first-order chi connectivity index (χ1) is 14.4. The summed E-state index contributed by atoms with van der Waals surface area (Å²) >= 11 is 2.38. The SMILES string of the molecule is Cc1cc(I)cc(Cn2c(C(=O)N3CCC(NC(C)C)CC3)cc3c2=CCCC=3)c1. The number of hydrogen-bond donors (Lipinski definition) is 1. The fourth-order valence-corrected chi connectivity index (χ4v) is 5.64. The fraction of sp³-hybridized carbons (Fsp3) is 0.480. The lowest BCUT2D eigenvalue weighted by molar-refractivity contribution is 0.0692. The van der Waals surface area contributed by atoms with Crippen molar-refractivity contribution in [2.75, 3.05) is 13.1 Å². The van der Waals surface area contributed by atoms with Crippen LogP contribution in [0.5, 0.6) is 0 Å². The summed E-state index contributed by atoms with van der Waals surface area (Å²) < 4.78 is 3.49. The van der Waals surface area contributed by atoms with Gasteiger partial charge in [-0.15, -0.1) is 0 Å². The number of aromatic nitrogens is 1. The minimum Gasteiger partial charge on any atom is -0.337 e. The fourth-order valence-electron chi connectivity index (χ4n) is 4.75. The first-order valence-electron chi connectivity index (χ1n) is 11.1. The smallest absolute Gasteiger partial charge is 0.270 e. The largest absolute Gasteiger partial charge is 0.337 e. The standard InChI is InChI=1S/C25H32IN3O/c1-17(2)27-22-8-10-28(11-9-22)25(30)24-15-20-6-4-5-7-23(20)29(24)16-19-12-18(3)13-21(26)14-19/h6-7,12-15,17,22,27H,4-5,8-11,16H2,1-3H3. The molecule has 0 atom stereocenters. The van der Waals surface area contributed by atoms with Crippen LogP contribution in [0, 0.1) is 10.5 Å². The van der Waals surface area contributed by atoms with E-state index in [1.54, 1.807) is 0 Å². The lowest BCUT2D eigenvalue weighted by Crippen LogP contribution is -2.47. The molecule has 2 aliphatic rings. The molecule has 0 unspecified atom stereocenters. The first kappa shape index (κ1) is 21.6. The van der Waals surface area contributed by atoms with Crippen LogP contribution >= 0.6 is 22.6 Å². The van der Waals surface area contributed by atoms with Gasteiger partial charge in [0, 0.05) is 40.6 Å². The third-order valence-corrected chi connectivity index (χ3v) is 6.67. The van der Waals surface area contributed by atoms with Crippen LogP contribution in [0.15, 0.2) is 24.3 Å². The summed E-state index contributed by atoms with van der Waals surface area (Å²) in [6.07, 6.45) is 8.73. The van der Waals surface area contributed by atoms with Gasteiger partial charge >= 0.3 is 0 Å². The van der Waals surface area contributed by atoms with Crippen molar-refractivity contribution in [1.29, 1.82) is 0 Å². The number of piperidine rings is 1. The molecule has 1 aliphatic heterocycles. The quantitative estimate of drug-likeness (QED) is 0.618. The molecule has 0 saturated carbocycles. The first-order valence-corrected chi connectivity index (χ1v) is 12.2. The van der Waals surface area contributed by atoms with Gasteiger partial charge in [-0.25, -0.2) is 0 Å². The van der Waals surface area contributed by atoms with E-state index in [0.29, 0.717) is 12.1 Å². The highest BCUT2D eigenvalue weighted by atomic mass is 127. The molecular weight excluding hydrogens is 485 g/mol. The second-order valence-electron chi connectivity index (χ2n) is 8.97. The van der Waals surface area contributed by atoms with Crippen molar-refractivity contribution >= 4 is 40.7 Å². The number of amides is 1. The minimum absolute atomic E-state index is 0.177. The number of rotatable bonds is 5. The Morgan fingerprint density at radius 1 is 1.13 bits per heavy atom. The van der Waals surface area contributed by atoms with Gasteiger partial charge in [-0.3, -0.25) is 4.79 Å². The molecule has 1 N–H and O–H groups in total. The van der Waals surface area contributed by atoms with Crippen LogP contribution < -0.4 is 15.9 Å². The van der Waals surface area contributed by atoms with Crippen LogP contribution in [0.2, 0.25) is 0 Å². The van der Waals surface area contributed by atoms with Gasteiger partial charge in [0.25, 0.3) is 5.91 Å². The zero-order valence-electron chi connectivity index (χ0n) is 18.2. The van der Waals surface area contributed by atoms with Crippen LogP contribution in [0.3, 0.4) is 0 Å². The maximum Gasteiger partial charge on any atom is 0.270 e. The molecule has 1 aromatic heterocycles. The normalized spacial score (nSPS) is 16.9. The van der Waals surface area contributed by atoms with Crippen molar-refractivity contribution < 1.29 is 4.79 Å². The summed E-state index contributed by atoms with van der Waals surface area (Å²) in [4.78, 5) is 15.6. The number of halogens is 1. The van der Waals surface area contributed by atoms with Gasteiger partial charge in [-0.05, 0) is 89.7 Å². The molecular formula is C25H32IN3O. The molecule has 1 saturated heterocycles. The zero-order chi connectivity index (χ0) is 21.3. The average molecular weight is 517 g/mol. The van der Waals surface area contributed by atoms with Gasteiger partial charge in [0.2, 0.25) is 0 Å². The van der Waals surface area contributed by atoms with E-state index in [-0.39, 0.29) is 5.91 Å². The lowest BCUT2D eigenvalue weighted by Gasteiger charge is -2.33. The summed E-state index contributed by atoms with van der Waals surface area (Å²) in [5, 5.41) is 6.04. The van der Waals surface area contributed by atoms with Crippen molar-refractivity contribution in [3.05, 3.63) is 55.2 Å². The Morgan fingerprint density at radius 3 is 2.57 bits per heavy atom.